The van der Waals surface area contributed by atoms with Crippen molar-refractivity contribution >= 4 is 29.1 Å². The van der Waals surface area contributed by atoms with E-state index in [9.17, 15) is 0 Å². The van der Waals surface area contributed by atoms with Crippen molar-refractivity contribution in [1.29, 1.82) is 0 Å². The van der Waals surface area contributed by atoms with Gasteiger partial charge >= 0.3 is 0 Å². The predicted octanol–water partition coefficient (Wildman–Crippen LogP) is 2.46. The van der Waals surface area contributed by atoms with Gasteiger partial charge in [0.1, 0.15) is 0 Å². The van der Waals surface area contributed by atoms with E-state index >= 15 is 0 Å². The summed E-state index contributed by atoms with van der Waals surface area (Å²) in [5.41, 5.74) is 1.15. The molecule has 0 bridgehead atoms. The minimum atomic E-state index is 1.15. The van der Waals surface area contributed by atoms with Crippen LogP contribution in [0, 0.1) is 0 Å². The molecule has 0 N–H and O–H groups in total. The highest BCUT2D eigenvalue weighted by atomic mass is 127. The van der Waals surface area contributed by atoms with Crippen molar-refractivity contribution in [3.05, 3.63) is 35.9 Å². The monoisotopic (exact) mass is 231 g/mol. The highest BCUT2D eigenvalue weighted by molar-refractivity contribution is 14.1. The van der Waals surface area contributed by atoms with Gasteiger partial charge in [-0.1, -0.05) is 30.3 Å². The highest BCUT2D eigenvalue weighted by Gasteiger charge is 1.79. The third kappa shape index (κ3) is 2.13. The number of benzene rings is 1. The van der Waals surface area contributed by atoms with Gasteiger partial charge in [-0.2, -0.15) is 0 Å². The van der Waals surface area contributed by atoms with Gasteiger partial charge in [0.2, 0.25) is 0 Å². The van der Waals surface area contributed by atoms with Gasteiger partial charge in [0.25, 0.3) is 0 Å². The first-order chi connectivity index (χ1) is 4.43. The Morgan fingerprint density at radius 1 is 1.22 bits per heavy atom. The second kappa shape index (κ2) is 3.61. The van der Waals surface area contributed by atoms with Crippen LogP contribution >= 0.6 is 22.9 Å². The smallest absolute Gasteiger partial charge is 0.0831 e. The van der Waals surface area contributed by atoms with E-state index < -0.39 is 0 Å². The Morgan fingerprint density at radius 3 is 2.44 bits per heavy atom. The van der Waals surface area contributed by atoms with Crippen molar-refractivity contribution in [2.45, 2.75) is 0 Å². The Bertz CT molecular complexity index is 193. The zero-order chi connectivity index (χ0) is 6.53. The molecular formula is C7H6IN. The number of nitrogens with zero attached hydrogens (tertiary/aromatic N) is 1. The Hall–Kier alpha value is -0.380. The first-order valence-electron chi connectivity index (χ1n) is 2.63. The third-order valence-corrected chi connectivity index (χ3v) is 1.28. The fourth-order valence-electron chi connectivity index (χ4n) is 0.595. The average Bonchev–Trinajstić information content (AvgIpc) is 1.91. The standard InChI is InChI=1S/C7H6IN/c8-9-6-7-4-2-1-3-5-7/h1-6H. The van der Waals surface area contributed by atoms with Crippen molar-refractivity contribution in [2.24, 2.45) is 3.21 Å². The summed E-state index contributed by atoms with van der Waals surface area (Å²) in [5, 5.41) is 0. The van der Waals surface area contributed by atoms with E-state index in [2.05, 4.69) is 3.21 Å². The van der Waals surface area contributed by atoms with Crippen LogP contribution in [0.3, 0.4) is 0 Å². The molecule has 2 heteroatoms. The number of rotatable bonds is 1. The first-order valence-corrected chi connectivity index (χ1v) is 3.59. The van der Waals surface area contributed by atoms with E-state index in [0.29, 0.717) is 0 Å². The molecular weight excluding hydrogens is 225 g/mol. The third-order valence-electron chi connectivity index (χ3n) is 0.997. The fraction of sp³-hybridized carbons (Fsp3) is 0. The largest absolute Gasteiger partial charge is 0.223 e. The molecule has 9 heavy (non-hydrogen) atoms. The lowest BCUT2D eigenvalue weighted by atomic mass is 10.2. The molecule has 0 aliphatic heterocycles. The van der Waals surface area contributed by atoms with Crippen molar-refractivity contribution < 1.29 is 0 Å². The second-order valence-electron chi connectivity index (χ2n) is 1.64. The normalized spacial score (nSPS) is 10.3. The maximum Gasteiger partial charge on any atom is 0.0831 e. The zero-order valence-electron chi connectivity index (χ0n) is 4.79. The van der Waals surface area contributed by atoms with Gasteiger partial charge in [-0.25, -0.2) is 3.21 Å². The van der Waals surface area contributed by atoms with Crippen LogP contribution in [0.5, 0.6) is 0 Å². The van der Waals surface area contributed by atoms with Crippen molar-refractivity contribution in [2.75, 3.05) is 0 Å². The summed E-state index contributed by atoms with van der Waals surface area (Å²) in [6.45, 7) is 0. The lowest BCUT2D eigenvalue weighted by Crippen LogP contribution is -1.74. The molecule has 1 nitrogen and oxygen atoms in total. The first kappa shape index (κ1) is 6.74. The van der Waals surface area contributed by atoms with Gasteiger partial charge < -0.3 is 0 Å². The van der Waals surface area contributed by atoms with Crippen molar-refractivity contribution in [3.8, 4) is 0 Å². The van der Waals surface area contributed by atoms with Crippen LogP contribution in [-0.4, -0.2) is 6.21 Å². The molecule has 1 aromatic carbocycles. The van der Waals surface area contributed by atoms with E-state index in [1.165, 1.54) is 0 Å². The van der Waals surface area contributed by atoms with Crippen LogP contribution < -0.4 is 0 Å². The van der Waals surface area contributed by atoms with Gasteiger partial charge in [0.15, 0.2) is 0 Å². The molecule has 0 heterocycles. The van der Waals surface area contributed by atoms with Crippen molar-refractivity contribution in [1.82, 2.24) is 0 Å². The van der Waals surface area contributed by atoms with E-state index in [-0.39, 0.29) is 0 Å². The fourth-order valence-corrected chi connectivity index (χ4v) is 0.917. The molecule has 1 aromatic rings. The minimum absolute atomic E-state index is 1.15. The molecule has 0 fully saturated rings. The van der Waals surface area contributed by atoms with E-state index in [1.54, 1.807) is 0 Å². The predicted molar refractivity (Wildman–Crippen MR) is 48.1 cm³/mol. The molecule has 0 aliphatic rings. The summed E-state index contributed by atoms with van der Waals surface area (Å²) < 4.78 is 3.85. The molecule has 0 aliphatic carbocycles. The molecule has 0 amide bonds. The summed E-state index contributed by atoms with van der Waals surface area (Å²) in [6, 6.07) is 10.0. The molecule has 0 saturated carbocycles. The number of halogens is 1. The molecule has 0 atom stereocenters. The van der Waals surface area contributed by atoms with Gasteiger partial charge in [-0.3, -0.25) is 0 Å². The second-order valence-corrected chi connectivity index (χ2v) is 2.19. The maximum atomic E-state index is 3.85. The Balaban J connectivity index is 2.85. The van der Waals surface area contributed by atoms with Crippen LogP contribution in [0.1, 0.15) is 5.56 Å². The SMILES string of the molecule is IN=Cc1ccccc1. The Labute approximate surface area is 68.3 Å². The number of hydrogen-bond acceptors (Lipinski definition) is 1. The van der Waals surface area contributed by atoms with E-state index in [1.807, 2.05) is 59.4 Å². The molecule has 0 saturated heterocycles. The minimum Gasteiger partial charge on any atom is -0.223 e. The summed E-state index contributed by atoms with van der Waals surface area (Å²) in [7, 11) is 0. The molecule has 1 rings (SSSR count). The van der Waals surface area contributed by atoms with E-state index in [0.717, 1.165) is 5.56 Å². The Kier molecular flexibility index (Phi) is 2.70. The zero-order valence-corrected chi connectivity index (χ0v) is 6.95. The molecule has 0 aromatic heterocycles. The van der Waals surface area contributed by atoms with Gasteiger partial charge in [0, 0.05) is 6.21 Å². The highest BCUT2D eigenvalue weighted by Crippen LogP contribution is 1.94. The van der Waals surface area contributed by atoms with E-state index in [4.69, 9.17) is 0 Å². The van der Waals surface area contributed by atoms with Gasteiger partial charge in [0.05, 0.1) is 22.9 Å². The topological polar surface area (TPSA) is 12.4 Å². The number of hydrogen-bond donors (Lipinski definition) is 0. The van der Waals surface area contributed by atoms with Crippen LogP contribution in [0.4, 0.5) is 0 Å². The molecule has 0 radical (unpaired) electrons. The van der Waals surface area contributed by atoms with Gasteiger partial charge in [-0.05, 0) is 5.56 Å². The summed E-state index contributed by atoms with van der Waals surface area (Å²) in [4.78, 5) is 0. The van der Waals surface area contributed by atoms with Crippen LogP contribution in [0.2, 0.25) is 0 Å². The average molecular weight is 231 g/mol. The van der Waals surface area contributed by atoms with Crippen LogP contribution in [0.15, 0.2) is 33.5 Å². The molecule has 0 unspecified atom stereocenters. The summed E-state index contributed by atoms with van der Waals surface area (Å²) in [5.74, 6) is 0. The van der Waals surface area contributed by atoms with Gasteiger partial charge in [-0.15, -0.1) is 0 Å². The molecule has 46 valence electrons. The Morgan fingerprint density at radius 2 is 1.89 bits per heavy atom. The lowest BCUT2D eigenvalue weighted by Gasteiger charge is -1.85. The lowest BCUT2D eigenvalue weighted by molar-refractivity contribution is 1.67. The summed E-state index contributed by atoms with van der Waals surface area (Å²) >= 11 is 1.96. The van der Waals surface area contributed by atoms with Crippen LogP contribution in [-0.2, 0) is 0 Å². The van der Waals surface area contributed by atoms with Crippen LogP contribution in [0.25, 0.3) is 0 Å². The molecule has 0 spiro atoms. The maximum absolute atomic E-state index is 3.85. The quantitative estimate of drug-likeness (QED) is 0.520. The van der Waals surface area contributed by atoms with Crippen molar-refractivity contribution in [3.63, 3.8) is 0 Å². The summed E-state index contributed by atoms with van der Waals surface area (Å²) in [6.07, 6.45) is 1.82.